The highest BCUT2D eigenvalue weighted by Gasteiger charge is 2.29. The summed E-state index contributed by atoms with van der Waals surface area (Å²) in [5.41, 5.74) is 0. The Morgan fingerprint density at radius 1 is 1.00 bits per heavy atom. The third-order valence-electron chi connectivity index (χ3n) is 4.84. The van der Waals surface area contributed by atoms with E-state index >= 15 is 0 Å². The molecule has 3 saturated heterocycles. The predicted molar refractivity (Wildman–Crippen MR) is 71.2 cm³/mol. The predicted octanol–water partition coefficient (Wildman–Crippen LogP) is 1.16. The molecule has 3 heterocycles. The molecule has 2 atom stereocenters. The maximum absolute atomic E-state index is 3.54. The third kappa shape index (κ3) is 3.01. The van der Waals surface area contributed by atoms with Crippen LogP contribution in [0.3, 0.4) is 0 Å². The normalized spacial score (nSPS) is 36.7. The fourth-order valence-corrected chi connectivity index (χ4v) is 3.83. The summed E-state index contributed by atoms with van der Waals surface area (Å²) in [6, 6.07) is 0.883. The van der Waals surface area contributed by atoms with Gasteiger partial charge in [-0.1, -0.05) is 6.42 Å². The molecule has 0 radical (unpaired) electrons. The van der Waals surface area contributed by atoms with Crippen molar-refractivity contribution in [3.8, 4) is 0 Å². The van der Waals surface area contributed by atoms with E-state index in [1.807, 2.05) is 0 Å². The molecule has 0 amide bonds. The van der Waals surface area contributed by atoms with E-state index in [0.29, 0.717) is 0 Å². The lowest BCUT2D eigenvalue weighted by molar-refractivity contribution is 0.0398. The van der Waals surface area contributed by atoms with Crippen LogP contribution in [0.4, 0.5) is 0 Å². The van der Waals surface area contributed by atoms with Gasteiger partial charge in [-0.25, -0.2) is 0 Å². The number of rotatable bonds is 2. The van der Waals surface area contributed by atoms with Crippen molar-refractivity contribution >= 4 is 0 Å². The van der Waals surface area contributed by atoms with Crippen molar-refractivity contribution in [2.24, 2.45) is 5.92 Å². The van der Waals surface area contributed by atoms with E-state index in [2.05, 4.69) is 15.1 Å². The van der Waals surface area contributed by atoms with Crippen molar-refractivity contribution in [3.63, 3.8) is 0 Å². The van der Waals surface area contributed by atoms with Crippen LogP contribution >= 0.6 is 0 Å². The molecule has 0 bridgehead atoms. The van der Waals surface area contributed by atoms with Gasteiger partial charge in [0.1, 0.15) is 0 Å². The molecule has 17 heavy (non-hydrogen) atoms. The van der Waals surface area contributed by atoms with Crippen LogP contribution in [0.1, 0.15) is 32.1 Å². The minimum absolute atomic E-state index is 0.883. The highest BCUT2D eigenvalue weighted by Crippen LogP contribution is 2.22. The highest BCUT2D eigenvalue weighted by molar-refractivity contribution is 4.86. The summed E-state index contributed by atoms with van der Waals surface area (Å²) < 4.78 is 0. The van der Waals surface area contributed by atoms with Crippen LogP contribution in [-0.2, 0) is 0 Å². The van der Waals surface area contributed by atoms with Crippen molar-refractivity contribution in [1.82, 2.24) is 15.1 Å². The Hall–Kier alpha value is -0.120. The molecule has 1 N–H and O–H groups in total. The Balaban J connectivity index is 1.48. The van der Waals surface area contributed by atoms with Gasteiger partial charge in [0, 0.05) is 32.2 Å². The zero-order chi connectivity index (χ0) is 11.5. The molecule has 0 aromatic rings. The Labute approximate surface area is 106 Å². The Morgan fingerprint density at radius 3 is 2.88 bits per heavy atom. The maximum Gasteiger partial charge on any atom is 0.0223 e. The van der Waals surface area contributed by atoms with Crippen molar-refractivity contribution < 1.29 is 0 Å². The fraction of sp³-hybridized carbons (Fsp3) is 1.00. The van der Waals surface area contributed by atoms with Gasteiger partial charge in [-0.05, 0) is 51.2 Å². The van der Waals surface area contributed by atoms with E-state index < -0.39 is 0 Å². The molecule has 3 heteroatoms. The second-order valence-corrected chi connectivity index (χ2v) is 6.16. The second kappa shape index (κ2) is 5.68. The summed E-state index contributed by atoms with van der Waals surface area (Å²) in [5.74, 6) is 0.916. The van der Waals surface area contributed by atoms with E-state index in [1.54, 1.807) is 0 Å². The second-order valence-electron chi connectivity index (χ2n) is 6.16. The molecule has 0 saturated carbocycles. The standard InChI is InChI=1S/C14H27N3/c1-2-7-17-9-8-16(12-14(17)5-1)11-13-4-3-6-15-10-13/h13-15H,1-12H2. The van der Waals surface area contributed by atoms with E-state index in [0.717, 1.165) is 12.0 Å². The monoisotopic (exact) mass is 237 g/mol. The minimum Gasteiger partial charge on any atom is -0.316 e. The van der Waals surface area contributed by atoms with Gasteiger partial charge in [-0.15, -0.1) is 0 Å². The van der Waals surface area contributed by atoms with Crippen molar-refractivity contribution in [1.29, 1.82) is 0 Å². The van der Waals surface area contributed by atoms with Crippen LogP contribution in [0.5, 0.6) is 0 Å². The van der Waals surface area contributed by atoms with Crippen molar-refractivity contribution in [3.05, 3.63) is 0 Å². The van der Waals surface area contributed by atoms with Gasteiger partial charge in [0.15, 0.2) is 0 Å². The molecule has 3 fully saturated rings. The fourth-order valence-electron chi connectivity index (χ4n) is 3.83. The summed E-state index contributed by atoms with van der Waals surface area (Å²) in [6.45, 7) is 9.19. The largest absolute Gasteiger partial charge is 0.316 e. The molecule has 3 aliphatic heterocycles. The average Bonchev–Trinajstić information content (AvgIpc) is 2.40. The lowest BCUT2D eigenvalue weighted by Gasteiger charge is -2.45. The lowest BCUT2D eigenvalue weighted by atomic mass is 9.96. The van der Waals surface area contributed by atoms with Gasteiger partial charge in [-0.3, -0.25) is 4.90 Å². The number of piperidine rings is 2. The van der Waals surface area contributed by atoms with Crippen LogP contribution in [-0.4, -0.2) is 61.7 Å². The molecule has 2 unspecified atom stereocenters. The van der Waals surface area contributed by atoms with Gasteiger partial charge in [0.2, 0.25) is 0 Å². The Kier molecular flexibility index (Phi) is 3.99. The Morgan fingerprint density at radius 2 is 2.00 bits per heavy atom. The Bertz CT molecular complexity index is 236. The first-order valence-electron chi connectivity index (χ1n) is 7.59. The van der Waals surface area contributed by atoms with E-state index in [1.165, 1.54) is 77.9 Å². The number of nitrogens with one attached hydrogen (secondary N) is 1. The summed E-state index contributed by atoms with van der Waals surface area (Å²) >= 11 is 0. The minimum atomic E-state index is 0.883. The van der Waals surface area contributed by atoms with Crippen LogP contribution in [0, 0.1) is 5.92 Å². The molecule has 0 aromatic carbocycles. The van der Waals surface area contributed by atoms with Crippen molar-refractivity contribution in [2.75, 3.05) is 45.8 Å². The van der Waals surface area contributed by atoms with Gasteiger partial charge in [0.05, 0.1) is 0 Å². The summed E-state index contributed by atoms with van der Waals surface area (Å²) in [5, 5.41) is 3.54. The maximum atomic E-state index is 3.54. The molecule has 0 aromatic heterocycles. The smallest absolute Gasteiger partial charge is 0.0223 e. The van der Waals surface area contributed by atoms with E-state index in [4.69, 9.17) is 0 Å². The molecular weight excluding hydrogens is 210 g/mol. The summed E-state index contributed by atoms with van der Waals surface area (Å²) in [6.07, 6.45) is 7.16. The third-order valence-corrected chi connectivity index (χ3v) is 4.84. The number of hydrogen-bond acceptors (Lipinski definition) is 3. The molecular formula is C14H27N3. The topological polar surface area (TPSA) is 18.5 Å². The molecule has 0 aliphatic carbocycles. The first-order chi connectivity index (χ1) is 8.42. The first kappa shape index (κ1) is 11.9. The number of piperazine rings is 1. The molecule has 98 valence electrons. The lowest BCUT2D eigenvalue weighted by Crippen LogP contribution is -2.56. The first-order valence-corrected chi connectivity index (χ1v) is 7.59. The van der Waals surface area contributed by atoms with Gasteiger partial charge >= 0.3 is 0 Å². The van der Waals surface area contributed by atoms with Crippen LogP contribution < -0.4 is 5.32 Å². The quantitative estimate of drug-likeness (QED) is 0.777. The van der Waals surface area contributed by atoms with Crippen LogP contribution in [0.25, 0.3) is 0 Å². The zero-order valence-corrected chi connectivity index (χ0v) is 11.0. The van der Waals surface area contributed by atoms with E-state index in [-0.39, 0.29) is 0 Å². The SMILES string of the molecule is C1CNCC(CN2CCN3CCCCC3C2)C1. The summed E-state index contributed by atoms with van der Waals surface area (Å²) in [4.78, 5) is 5.48. The number of fused-ring (bicyclic) bond motifs is 1. The zero-order valence-electron chi connectivity index (χ0n) is 11.0. The van der Waals surface area contributed by atoms with Gasteiger partial charge < -0.3 is 10.2 Å². The van der Waals surface area contributed by atoms with Crippen molar-refractivity contribution in [2.45, 2.75) is 38.1 Å². The molecule has 3 rings (SSSR count). The number of hydrogen-bond donors (Lipinski definition) is 1. The molecule has 3 nitrogen and oxygen atoms in total. The van der Waals surface area contributed by atoms with Gasteiger partial charge in [0.25, 0.3) is 0 Å². The molecule has 3 aliphatic rings. The van der Waals surface area contributed by atoms with Crippen LogP contribution in [0.2, 0.25) is 0 Å². The number of nitrogens with zero attached hydrogens (tertiary/aromatic N) is 2. The van der Waals surface area contributed by atoms with Crippen LogP contribution in [0.15, 0.2) is 0 Å². The summed E-state index contributed by atoms with van der Waals surface area (Å²) in [7, 11) is 0. The highest BCUT2D eigenvalue weighted by atomic mass is 15.3. The molecule has 0 spiro atoms. The van der Waals surface area contributed by atoms with Gasteiger partial charge in [-0.2, -0.15) is 0 Å². The van der Waals surface area contributed by atoms with E-state index in [9.17, 15) is 0 Å². The average molecular weight is 237 g/mol.